The smallest absolute Gasteiger partial charge is 0.0708 e. The Morgan fingerprint density at radius 2 is 1.75 bits per heavy atom. The molecule has 1 aliphatic rings. The average molecular weight is 262 g/mol. The van der Waals surface area contributed by atoms with Gasteiger partial charge in [-0.1, -0.05) is 68.5 Å². The van der Waals surface area contributed by atoms with Crippen LogP contribution in [0.2, 0.25) is 0 Å². The maximum atomic E-state index is 8.53. The number of nitrogens with two attached hydrogens (primary N) is 1. The number of fused-ring (bicyclic) bond motifs is 1. The van der Waals surface area contributed by atoms with Crippen LogP contribution in [0.3, 0.4) is 0 Å². The second kappa shape index (κ2) is 4.34. The highest BCUT2D eigenvalue weighted by Gasteiger charge is 2.27. The zero-order valence-corrected chi connectivity index (χ0v) is 11.8. The standard InChI is InChI=1S/C18H18N2/c1-18(2)11-10-15(17(18)20)16(19)14-9-5-7-12-6-3-4-8-13(12)14/h3-11,19H,20H2,1-2H3. The van der Waals surface area contributed by atoms with Crippen LogP contribution in [0.25, 0.3) is 10.8 Å². The van der Waals surface area contributed by atoms with Gasteiger partial charge in [-0.25, -0.2) is 0 Å². The number of nitrogens with one attached hydrogen (secondary N) is 1. The highest BCUT2D eigenvalue weighted by Crippen LogP contribution is 2.35. The van der Waals surface area contributed by atoms with E-state index in [0.29, 0.717) is 5.71 Å². The van der Waals surface area contributed by atoms with Gasteiger partial charge in [-0.05, 0) is 10.8 Å². The number of rotatable bonds is 2. The highest BCUT2D eigenvalue weighted by atomic mass is 14.7. The van der Waals surface area contributed by atoms with Crippen LogP contribution in [-0.2, 0) is 0 Å². The van der Waals surface area contributed by atoms with E-state index in [1.807, 2.05) is 30.3 Å². The third-order valence-electron chi connectivity index (χ3n) is 3.98. The summed E-state index contributed by atoms with van der Waals surface area (Å²) < 4.78 is 0. The van der Waals surface area contributed by atoms with Gasteiger partial charge in [0, 0.05) is 22.2 Å². The molecule has 0 heterocycles. The van der Waals surface area contributed by atoms with Gasteiger partial charge in [0.25, 0.3) is 0 Å². The molecule has 0 aromatic heterocycles. The lowest BCUT2D eigenvalue weighted by Gasteiger charge is -2.18. The molecule has 20 heavy (non-hydrogen) atoms. The van der Waals surface area contributed by atoms with Gasteiger partial charge in [0.1, 0.15) is 0 Å². The lowest BCUT2D eigenvalue weighted by molar-refractivity contribution is 0.582. The van der Waals surface area contributed by atoms with Gasteiger partial charge in [0.05, 0.1) is 5.71 Å². The van der Waals surface area contributed by atoms with Gasteiger partial charge >= 0.3 is 0 Å². The normalized spacial score (nSPS) is 16.9. The van der Waals surface area contributed by atoms with E-state index in [4.69, 9.17) is 11.1 Å². The van der Waals surface area contributed by atoms with Gasteiger partial charge in [0.2, 0.25) is 0 Å². The summed E-state index contributed by atoms with van der Waals surface area (Å²) in [6, 6.07) is 14.2. The second-order valence-corrected chi connectivity index (χ2v) is 5.78. The molecule has 2 aromatic carbocycles. The van der Waals surface area contributed by atoms with Crippen molar-refractivity contribution in [2.75, 3.05) is 0 Å². The molecule has 0 atom stereocenters. The minimum atomic E-state index is -0.160. The molecule has 0 saturated heterocycles. The molecule has 3 rings (SSSR count). The summed E-state index contributed by atoms with van der Waals surface area (Å²) in [6.45, 7) is 4.14. The topological polar surface area (TPSA) is 49.9 Å². The maximum Gasteiger partial charge on any atom is 0.0708 e. The van der Waals surface area contributed by atoms with E-state index in [1.54, 1.807) is 0 Å². The van der Waals surface area contributed by atoms with Crippen molar-refractivity contribution < 1.29 is 0 Å². The Hall–Kier alpha value is -2.35. The second-order valence-electron chi connectivity index (χ2n) is 5.78. The molecular formula is C18H18N2. The molecule has 0 amide bonds. The molecule has 0 fully saturated rings. The maximum absolute atomic E-state index is 8.53. The van der Waals surface area contributed by atoms with Crippen molar-refractivity contribution >= 4 is 16.5 Å². The van der Waals surface area contributed by atoms with Crippen molar-refractivity contribution in [1.82, 2.24) is 0 Å². The van der Waals surface area contributed by atoms with Crippen LogP contribution in [0.5, 0.6) is 0 Å². The van der Waals surface area contributed by atoms with Crippen LogP contribution in [0.15, 0.2) is 65.9 Å². The van der Waals surface area contributed by atoms with Gasteiger partial charge < -0.3 is 5.73 Å². The van der Waals surface area contributed by atoms with Crippen molar-refractivity contribution in [1.29, 1.82) is 5.41 Å². The summed E-state index contributed by atoms with van der Waals surface area (Å²) in [5.41, 5.74) is 9.10. The molecule has 1 aliphatic carbocycles. The molecule has 0 bridgehead atoms. The van der Waals surface area contributed by atoms with Gasteiger partial charge in [0.15, 0.2) is 0 Å². The Labute approximate surface area is 119 Å². The monoisotopic (exact) mass is 262 g/mol. The first-order valence-corrected chi connectivity index (χ1v) is 6.77. The SMILES string of the molecule is CC1(C)C=CC(C(=N)c2cccc3ccccc23)=C1N. The fourth-order valence-corrected chi connectivity index (χ4v) is 2.62. The third kappa shape index (κ3) is 1.85. The Balaban J connectivity index is 2.16. The molecule has 0 spiro atoms. The van der Waals surface area contributed by atoms with E-state index in [-0.39, 0.29) is 5.41 Å². The lowest BCUT2D eigenvalue weighted by Crippen LogP contribution is -2.19. The average Bonchev–Trinajstić information content (AvgIpc) is 2.72. The zero-order chi connectivity index (χ0) is 14.3. The predicted octanol–water partition coefficient (Wildman–Crippen LogP) is 4.02. The van der Waals surface area contributed by atoms with Gasteiger partial charge in [-0.2, -0.15) is 0 Å². The van der Waals surface area contributed by atoms with Crippen LogP contribution in [0.1, 0.15) is 19.4 Å². The summed E-state index contributed by atoms with van der Waals surface area (Å²) in [5.74, 6) is 0. The van der Waals surface area contributed by atoms with Crippen molar-refractivity contribution in [3.8, 4) is 0 Å². The van der Waals surface area contributed by atoms with Crippen molar-refractivity contribution in [2.45, 2.75) is 13.8 Å². The van der Waals surface area contributed by atoms with Crippen LogP contribution >= 0.6 is 0 Å². The quantitative estimate of drug-likeness (QED) is 0.789. The van der Waals surface area contributed by atoms with Crippen LogP contribution in [-0.4, -0.2) is 5.71 Å². The summed E-state index contributed by atoms with van der Waals surface area (Å²) in [6.07, 6.45) is 4.04. The van der Waals surface area contributed by atoms with E-state index in [9.17, 15) is 0 Å². The number of allylic oxidation sites excluding steroid dienone is 3. The van der Waals surface area contributed by atoms with Crippen molar-refractivity contribution in [2.24, 2.45) is 11.1 Å². The molecule has 100 valence electrons. The van der Waals surface area contributed by atoms with Crippen molar-refractivity contribution in [3.63, 3.8) is 0 Å². The summed E-state index contributed by atoms with van der Waals surface area (Å²) in [5, 5.41) is 10.8. The fourth-order valence-electron chi connectivity index (χ4n) is 2.62. The number of hydrogen-bond donors (Lipinski definition) is 2. The molecule has 2 nitrogen and oxygen atoms in total. The summed E-state index contributed by atoms with van der Waals surface area (Å²) in [4.78, 5) is 0. The van der Waals surface area contributed by atoms with E-state index < -0.39 is 0 Å². The van der Waals surface area contributed by atoms with E-state index >= 15 is 0 Å². The van der Waals surface area contributed by atoms with Gasteiger partial charge in [-0.3, -0.25) is 5.41 Å². The molecule has 0 saturated carbocycles. The molecule has 0 unspecified atom stereocenters. The molecule has 0 aliphatic heterocycles. The Kier molecular flexibility index (Phi) is 2.75. The molecule has 2 aromatic rings. The Bertz CT molecular complexity index is 759. The Morgan fingerprint density at radius 3 is 2.45 bits per heavy atom. The largest absolute Gasteiger partial charge is 0.401 e. The zero-order valence-electron chi connectivity index (χ0n) is 11.8. The molecule has 0 radical (unpaired) electrons. The first-order valence-electron chi connectivity index (χ1n) is 6.77. The minimum absolute atomic E-state index is 0.160. The first kappa shape index (κ1) is 12.7. The highest BCUT2D eigenvalue weighted by molar-refractivity contribution is 6.19. The predicted molar refractivity (Wildman–Crippen MR) is 84.9 cm³/mol. The van der Waals surface area contributed by atoms with E-state index in [2.05, 4.69) is 38.1 Å². The van der Waals surface area contributed by atoms with Crippen molar-refractivity contribution in [3.05, 3.63) is 71.5 Å². The van der Waals surface area contributed by atoms with Crippen LogP contribution < -0.4 is 5.73 Å². The number of benzene rings is 2. The van der Waals surface area contributed by atoms with Crippen LogP contribution in [0.4, 0.5) is 0 Å². The lowest BCUT2D eigenvalue weighted by atomic mass is 9.90. The third-order valence-corrected chi connectivity index (χ3v) is 3.98. The van der Waals surface area contributed by atoms with E-state index in [0.717, 1.165) is 27.6 Å². The van der Waals surface area contributed by atoms with E-state index in [1.165, 1.54) is 0 Å². The summed E-state index contributed by atoms with van der Waals surface area (Å²) >= 11 is 0. The fraction of sp³-hybridized carbons (Fsp3) is 0.167. The van der Waals surface area contributed by atoms with Crippen LogP contribution in [0, 0.1) is 10.8 Å². The van der Waals surface area contributed by atoms with Gasteiger partial charge in [-0.15, -0.1) is 0 Å². The summed E-state index contributed by atoms with van der Waals surface area (Å²) in [7, 11) is 0. The molecule has 3 N–H and O–H groups in total. The Morgan fingerprint density at radius 1 is 1.05 bits per heavy atom. The molecular weight excluding hydrogens is 244 g/mol. The minimum Gasteiger partial charge on any atom is -0.401 e. The molecule has 2 heteroatoms. The number of hydrogen-bond acceptors (Lipinski definition) is 2. The first-order chi connectivity index (χ1) is 9.50.